The van der Waals surface area contributed by atoms with E-state index in [1.165, 1.54) is 6.07 Å². The van der Waals surface area contributed by atoms with Gasteiger partial charge < -0.3 is 10.2 Å². The third-order valence-corrected chi connectivity index (χ3v) is 9.14. The van der Waals surface area contributed by atoms with Crippen LogP contribution in [0.25, 0.3) is 0 Å². The lowest BCUT2D eigenvalue weighted by Gasteiger charge is -2.61. The van der Waals surface area contributed by atoms with Crippen molar-refractivity contribution in [1.29, 1.82) is 0 Å². The number of aromatic hydroxyl groups is 1. The van der Waals surface area contributed by atoms with Crippen molar-refractivity contribution in [3.05, 3.63) is 28.8 Å². The topological polar surface area (TPSA) is 126 Å². The average Bonchev–Trinajstić information content (AvgIpc) is 2.79. The summed E-state index contributed by atoms with van der Waals surface area (Å²) < 4.78 is 0. The monoisotopic (exact) mass is 520 g/mol. The zero-order valence-corrected chi connectivity index (χ0v) is 22.9. The van der Waals surface area contributed by atoms with Gasteiger partial charge >= 0.3 is 0 Å². The number of Topliss-reactive ketones (excluding diaryl/α,β-unsaturated/α-hetero) is 5. The van der Waals surface area contributed by atoms with Gasteiger partial charge in [-0.15, -0.1) is 0 Å². The van der Waals surface area contributed by atoms with Crippen molar-refractivity contribution in [2.24, 2.45) is 34.5 Å². The minimum absolute atomic E-state index is 0.0156. The Morgan fingerprint density at radius 2 is 1.79 bits per heavy atom. The maximum absolute atomic E-state index is 14.2. The summed E-state index contributed by atoms with van der Waals surface area (Å²) in [6.45, 7) is 10.0. The normalized spacial score (nSPS) is 34.3. The van der Waals surface area contributed by atoms with Crippen LogP contribution >= 0.6 is 0 Å². The summed E-state index contributed by atoms with van der Waals surface area (Å²) in [4.78, 5) is 67.8. The molecule has 0 radical (unpaired) electrons. The second-order valence-corrected chi connectivity index (χ2v) is 12.2. The summed E-state index contributed by atoms with van der Waals surface area (Å²) in [6, 6.07) is 3.04. The average molecular weight is 521 g/mol. The van der Waals surface area contributed by atoms with Crippen LogP contribution < -0.4 is 0 Å². The van der Waals surface area contributed by atoms with E-state index in [0.717, 1.165) is 19.8 Å². The Labute approximate surface area is 223 Å². The van der Waals surface area contributed by atoms with Crippen molar-refractivity contribution >= 4 is 28.9 Å². The van der Waals surface area contributed by atoms with Crippen LogP contribution in [-0.4, -0.2) is 44.7 Å². The fourth-order valence-corrected chi connectivity index (χ4v) is 7.68. The Hall–Kier alpha value is -3.11. The third-order valence-electron chi connectivity index (χ3n) is 9.14. The van der Waals surface area contributed by atoms with E-state index in [1.54, 1.807) is 33.8 Å². The lowest BCUT2D eigenvalue weighted by Crippen LogP contribution is -2.76. The zero-order chi connectivity index (χ0) is 28.4. The number of ketones is 5. The molecule has 2 N–H and O–H groups in total. The molecule has 1 aromatic rings. The van der Waals surface area contributed by atoms with Crippen molar-refractivity contribution in [2.45, 2.75) is 79.2 Å². The van der Waals surface area contributed by atoms with Gasteiger partial charge in [0.2, 0.25) is 0 Å². The van der Waals surface area contributed by atoms with E-state index >= 15 is 0 Å². The molecular formula is C31H36O7. The molecule has 3 unspecified atom stereocenters. The molecule has 4 rings (SSSR count). The highest BCUT2D eigenvalue weighted by Gasteiger charge is 2.76. The summed E-state index contributed by atoms with van der Waals surface area (Å²) in [5, 5.41) is 22.7. The molecule has 0 spiro atoms. The van der Waals surface area contributed by atoms with Crippen molar-refractivity contribution in [3.63, 3.8) is 0 Å². The molecule has 6 atom stereocenters. The minimum atomic E-state index is -2.68. The van der Waals surface area contributed by atoms with Crippen LogP contribution in [0, 0.1) is 46.3 Å². The predicted octanol–water partition coefficient (Wildman–Crippen LogP) is 3.63. The molecule has 2 saturated carbocycles. The molecule has 3 aliphatic rings. The highest BCUT2D eigenvalue weighted by Crippen LogP contribution is 2.63. The summed E-state index contributed by atoms with van der Waals surface area (Å²) in [7, 11) is 0. The van der Waals surface area contributed by atoms with E-state index in [2.05, 4.69) is 18.8 Å². The number of carbonyl (C=O) groups is 5. The van der Waals surface area contributed by atoms with E-state index in [1.807, 2.05) is 0 Å². The minimum Gasteiger partial charge on any atom is -0.507 e. The number of fused-ring (bicyclic) bond motifs is 3. The van der Waals surface area contributed by atoms with Crippen LogP contribution in [0.3, 0.4) is 0 Å². The van der Waals surface area contributed by atoms with Gasteiger partial charge in [0, 0.05) is 23.3 Å². The van der Waals surface area contributed by atoms with E-state index < -0.39 is 63.1 Å². The molecule has 3 aliphatic carbocycles. The van der Waals surface area contributed by atoms with Crippen molar-refractivity contribution in [3.8, 4) is 17.6 Å². The van der Waals surface area contributed by atoms with Crippen LogP contribution in [0.4, 0.5) is 0 Å². The Morgan fingerprint density at radius 3 is 2.37 bits per heavy atom. The van der Waals surface area contributed by atoms with Gasteiger partial charge in [-0.2, -0.15) is 0 Å². The molecular weight excluding hydrogens is 484 g/mol. The molecule has 38 heavy (non-hydrogen) atoms. The van der Waals surface area contributed by atoms with Crippen LogP contribution in [0.5, 0.6) is 5.75 Å². The third kappa shape index (κ3) is 3.64. The highest BCUT2D eigenvalue weighted by atomic mass is 16.3. The van der Waals surface area contributed by atoms with Crippen molar-refractivity contribution in [1.82, 2.24) is 0 Å². The van der Waals surface area contributed by atoms with Crippen molar-refractivity contribution < 1.29 is 34.2 Å². The van der Waals surface area contributed by atoms with Gasteiger partial charge in [-0.3, -0.25) is 24.0 Å². The van der Waals surface area contributed by atoms with E-state index in [0.29, 0.717) is 17.5 Å². The Bertz CT molecular complexity index is 1330. The standard InChI is InChI=1S/C31H36O7/c1-7-8-9-10-11-18-12-13-20(33)22-19(18)14-29(5)15-30(6)23(16(2)3)25(34)21(17(4)32)27(36)31(30,38)28(37)24(29)26(22)35/h12-13,16,21,23-24,33,38H,7-9,14-15H2,1-6H3/t21?,23?,24?,29-,30-,31+/m1/s1. The second-order valence-electron chi connectivity index (χ2n) is 12.2. The maximum atomic E-state index is 14.2. The molecule has 0 aromatic heterocycles. The van der Waals surface area contributed by atoms with E-state index in [9.17, 15) is 34.2 Å². The van der Waals surface area contributed by atoms with E-state index in [4.69, 9.17) is 0 Å². The quantitative estimate of drug-likeness (QED) is 0.353. The molecule has 0 bridgehead atoms. The van der Waals surface area contributed by atoms with Gasteiger partial charge in [0.25, 0.3) is 0 Å². The Morgan fingerprint density at radius 1 is 1.13 bits per heavy atom. The van der Waals surface area contributed by atoms with Crippen molar-refractivity contribution in [2.75, 3.05) is 0 Å². The number of hydrogen-bond donors (Lipinski definition) is 2. The van der Waals surface area contributed by atoms with Crippen LogP contribution in [0.2, 0.25) is 0 Å². The highest BCUT2D eigenvalue weighted by molar-refractivity contribution is 6.32. The number of unbranched alkanes of at least 4 members (excludes halogenated alkanes) is 2. The first kappa shape index (κ1) is 27.9. The number of benzene rings is 1. The molecule has 7 heteroatoms. The van der Waals surface area contributed by atoms with E-state index in [-0.39, 0.29) is 30.1 Å². The van der Waals surface area contributed by atoms with Gasteiger partial charge in [-0.25, -0.2) is 0 Å². The molecule has 0 saturated heterocycles. The van der Waals surface area contributed by atoms with Gasteiger partial charge in [0.05, 0.1) is 11.5 Å². The first-order valence-corrected chi connectivity index (χ1v) is 13.4. The lowest BCUT2D eigenvalue weighted by atomic mass is 9.40. The first-order valence-electron chi connectivity index (χ1n) is 13.4. The van der Waals surface area contributed by atoms with Gasteiger partial charge in [0.1, 0.15) is 17.5 Å². The molecule has 1 aromatic carbocycles. The molecule has 2 fully saturated rings. The van der Waals surface area contributed by atoms with Gasteiger partial charge in [-0.1, -0.05) is 52.9 Å². The van der Waals surface area contributed by atoms with Crippen LogP contribution in [0.15, 0.2) is 12.1 Å². The fourth-order valence-electron chi connectivity index (χ4n) is 7.68. The summed E-state index contributed by atoms with van der Waals surface area (Å²) in [5.74, 6) is -2.66. The number of phenolic OH excluding ortho intramolecular Hbond substituents is 1. The summed E-state index contributed by atoms with van der Waals surface area (Å²) in [5.41, 5.74) is -4.14. The number of phenols is 1. The molecule has 0 aliphatic heterocycles. The first-order chi connectivity index (χ1) is 17.7. The Balaban J connectivity index is 1.93. The zero-order valence-electron chi connectivity index (χ0n) is 22.9. The summed E-state index contributed by atoms with van der Waals surface area (Å²) >= 11 is 0. The molecule has 7 nitrogen and oxygen atoms in total. The SMILES string of the molecule is CCCCC#Cc1ccc(O)c2c1C[C@]1(C)C[C@]3(C)C(C(C)C)C(=O)C(C(C)=O)C(=O)[C@]3(O)C(=O)C1C2=O. The Kier molecular flexibility index (Phi) is 6.81. The molecule has 0 amide bonds. The number of rotatable bonds is 4. The molecule has 0 heterocycles. The largest absolute Gasteiger partial charge is 0.507 e. The van der Waals surface area contributed by atoms with Crippen LogP contribution in [0.1, 0.15) is 88.7 Å². The fraction of sp³-hybridized carbons (Fsp3) is 0.581. The second kappa shape index (κ2) is 9.27. The number of carbonyl (C=O) groups excluding carboxylic acids is 5. The number of aliphatic hydroxyl groups is 1. The summed E-state index contributed by atoms with van der Waals surface area (Å²) in [6.07, 6.45) is 2.83. The predicted molar refractivity (Wildman–Crippen MR) is 139 cm³/mol. The van der Waals surface area contributed by atoms with Gasteiger partial charge in [0.15, 0.2) is 28.7 Å². The molecule has 202 valence electrons. The smallest absolute Gasteiger partial charge is 0.190 e. The van der Waals surface area contributed by atoms with Gasteiger partial charge in [-0.05, 0) is 55.2 Å². The number of hydrogen-bond acceptors (Lipinski definition) is 7. The lowest BCUT2D eigenvalue weighted by molar-refractivity contribution is -0.205. The maximum Gasteiger partial charge on any atom is 0.190 e. The van der Waals surface area contributed by atoms with Crippen LogP contribution in [-0.2, 0) is 25.6 Å².